The van der Waals surface area contributed by atoms with Crippen LogP contribution in [0.3, 0.4) is 0 Å². The molecule has 1 aliphatic heterocycles. The molecule has 0 bridgehead atoms. The summed E-state index contributed by atoms with van der Waals surface area (Å²) in [6, 6.07) is 8.65. The number of aryl methyl sites for hydroxylation is 1. The van der Waals surface area contributed by atoms with Crippen LogP contribution in [0.2, 0.25) is 0 Å². The minimum atomic E-state index is -0.473. The SMILES string of the molecule is COc1c(O)c(O)cc2c1CC[C@@H]1[C@H](O)C[C@H](CCc3ccc(O)cc3)O[C@H]21. The van der Waals surface area contributed by atoms with Gasteiger partial charge < -0.3 is 29.9 Å². The summed E-state index contributed by atoms with van der Waals surface area (Å²) in [5, 5.41) is 40.4. The molecule has 0 saturated carbocycles. The van der Waals surface area contributed by atoms with Gasteiger partial charge in [0.05, 0.1) is 25.4 Å². The van der Waals surface area contributed by atoms with Crippen molar-refractivity contribution in [3.05, 3.63) is 47.0 Å². The Morgan fingerprint density at radius 1 is 1.14 bits per heavy atom. The van der Waals surface area contributed by atoms with Crippen molar-refractivity contribution < 1.29 is 29.9 Å². The first kappa shape index (κ1) is 18.9. The lowest BCUT2D eigenvalue weighted by Gasteiger charge is -2.44. The Morgan fingerprint density at radius 3 is 2.61 bits per heavy atom. The number of hydrogen-bond donors (Lipinski definition) is 4. The van der Waals surface area contributed by atoms with Gasteiger partial charge in [-0.1, -0.05) is 12.1 Å². The highest BCUT2D eigenvalue weighted by atomic mass is 16.5. The molecule has 0 aromatic heterocycles. The molecule has 0 spiro atoms. The molecular weight excluding hydrogens is 360 g/mol. The van der Waals surface area contributed by atoms with Crippen molar-refractivity contribution in [3.63, 3.8) is 0 Å². The van der Waals surface area contributed by atoms with Gasteiger partial charge in [0.25, 0.3) is 0 Å². The van der Waals surface area contributed by atoms with E-state index in [1.807, 2.05) is 12.1 Å². The maximum absolute atomic E-state index is 10.7. The van der Waals surface area contributed by atoms with Gasteiger partial charge in [-0.25, -0.2) is 0 Å². The van der Waals surface area contributed by atoms with Gasteiger partial charge in [-0.15, -0.1) is 0 Å². The summed E-state index contributed by atoms with van der Waals surface area (Å²) in [6.45, 7) is 0. The monoisotopic (exact) mass is 386 g/mol. The third-order valence-corrected chi connectivity index (χ3v) is 6.03. The summed E-state index contributed by atoms with van der Waals surface area (Å²) in [4.78, 5) is 0. The molecule has 4 N–H and O–H groups in total. The Kier molecular flexibility index (Phi) is 5.08. The molecule has 4 atom stereocenters. The lowest BCUT2D eigenvalue weighted by Crippen LogP contribution is -2.42. The van der Waals surface area contributed by atoms with Gasteiger partial charge in [0.15, 0.2) is 11.5 Å². The Morgan fingerprint density at radius 2 is 1.89 bits per heavy atom. The van der Waals surface area contributed by atoms with Crippen LogP contribution >= 0.6 is 0 Å². The standard InChI is InChI=1S/C22H26O6/c1-27-22-15-8-9-16-18(24)10-14(7-4-12-2-5-13(23)6-3-12)28-21(16)17(15)11-19(25)20(22)26/h2-3,5-6,11,14,16,18,21,23-26H,4,7-10H2,1H3/t14-,16+,18+,21-/m0/s1. The minimum Gasteiger partial charge on any atom is -0.508 e. The molecule has 1 aliphatic carbocycles. The largest absolute Gasteiger partial charge is 0.508 e. The van der Waals surface area contributed by atoms with Gasteiger partial charge >= 0.3 is 0 Å². The molecule has 2 aliphatic rings. The van der Waals surface area contributed by atoms with E-state index in [-0.39, 0.29) is 41.1 Å². The lowest BCUT2D eigenvalue weighted by molar-refractivity contribution is -0.146. The number of fused-ring (bicyclic) bond motifs is 3. The van der Waals surface area contributed by atoms with E-state index in [2.05, 4.69) is 0 Å². The minimum absolute atomic E-state index is 0.0360. The molecule has 6 nitrogen and oxygen atoms in total. The van der Waals surface area contributed by atoms with E-state index in [1.54, 1.807) is 18.2 Å². The van der Waals surface area contributed by atoms with E-state index in [0.717, 1.165) is 36.0 Å². The van der Waals surface area contributed by atoms with Crippen LogP contribution in [0.25, 0.3) is 0 Å². The van der Waals surface area contributed by atoms with Crippen LogP contribution < -0.4 is 4.74 Å². The maximum Gasteiger partial charge on any atom is 0.200 e. The molecule has 1 heterocycles. The van der Waals surface area contributed by atoms with Crippen molar-refractivity contribution in [1.29, 1.82) is 0 Å². The van der Waals surface area contributed by atoms with Crippen LogP contribution in [-0.2, 0) is 17.6 Å². The average molecular weight is 386 g/mol. The molecule has 0 amide bonds. The van der Waals surface area contributed by atoms with Crippen molar-refractivity contribution >= 4 is 0 Å². The smallest absolute Gasteiger partial charge is 0.200 e. The van der Waals surface area contributed by atoms with Crippen LogP contribution in [0.5, 0.6) is 23.0 Å². The predicted molar refractivity (Wildman–Crippen MR) is 103 cm³/mol. The number of benzene rings is 2. The summed E-state index contributed by atoms with van der Waals surface area (Å²) in [7, 11) is 1.47. The van der Waals surface area contributed by atoms with Crippen LogP contribution in [-0.4, -0.2) is 39.7 Å². The van der Waals surface area contributed by atoms with Crippen LogP contribution in [0, 0.1) is 5.92 Å². The van der Waals surface area contributed by atoms with Crippen LogP contribution in [0.4, 0.5) is 0 Å². The Balaban J connectivity index is 1.56. The maximum atomic E-state index is 10.7. The molecular formula is C22H26O6. The molecule has 4 rings (SSSR count). The highest BCUT2D eigenvalue weighted by Gasteiger charge is 2.43. The fraction of sp³-hybridized carbons (Fsp3) is 0.455. The highest BCUT2D eigenvalue weighted by Crippen LogP contribution is 2.51. The number of methoxy groups -OCH3 is 1. The number of aromatic hydroxyl groups is 3. The molecule has 150 valence electrons. The number of hydrogen-bond acceptors (Lipinski definition) is 6. The van der Waals surface area contributed by atoms with Crippen LogP contribution in [0.1, 0.15) is 42.1 Å². The lowest BCUT2D eigenvalue weighted by atomic mass is 9.74. The summed E-state index contributed by atoms with van der Waals surface area (Å²) < 4.78 is 11.7. The second-order valence-electron chi connectivity index (χ2n) is 7.73. The van der Waals surface area contributed by atoms with E-state index < -0.39 is 6.10 Å². The molecule has 1 saturated heterocycles. The first-order chi connectivity index (χ1) is 13.5. The van der Waals surface area contributed by atoms with E-state index in [0.29, 0.717) is 12.8 Å². The van der Waals surface area contributed by atoms with Crippen molar-refractivity contribution in [1.82, 2.24) is 0 Å². The van der Waals surface area contributed by atoms with Crippen LogP contribution in [0.15, 0.2) is 30.3 Å². The molecule has 2 aromatic carbocycles. The average Bonchev–Trinajstić information content (AvgIpc) is 2.69. The molecule has 0 radical (unpaired) electrons. The van der Waals surface area contributed by atoms with Crippen molar-refractivity contribution in [2.75, 3.05) is 7.11 Å². The van der Waals surface area contributed by atoms with Gasteiger partial charge in [-0.3, -0.25) is 0 Å². The predicted octanol–water partition coefficient (Wildman–Crippen LogP) is 3.20. The Hall–Kier alpha value is -2.44. The molecule has 28 heavy (non-hydrogen) atoms. The summed E-state index contributed by atoms with van der Waals surface area (Å²) >= 11 is 0. The second kappa shape index (κ2) is 7.53. The van der Waals surface area contributed by atoms with Gasteiger partial charge in [0.1, 0.15) is 5.75 Å². The summed E-state index contributed by atoms with van der Waals surface area (Å²) in [5.74, 6) is 0.0103. The normalized spacial score (nSPS) is 26.4. The topological polar surface area (TPSA) is 99.4 Å². The third-order valence-electron chi connectivity index (χ3n) is 6.03. The third kappa shape index (κ3) is 3.38. The number of ether oxygens (including phenoxy) is 2. The molecule has 2 aromatic rings. The number of aliphatic hydroxyl groups excluding tert-OH is 1. The molecule has 0 unspecified atom stereocenters. The van der Waals surface area contributed by atoms with Crippen molar-refractivity contribution in [3.8, 4) is 23.0 Å². The van der Waals surface area contributed by atoms with E-state index in [9.17, 15) is 20.4 Å². The zero-order chi connectivity index (χ0) is 19.8. The number of rotatable bonds is 4. The summed E-state index contributed by atoms with van der Waals surface area (Å²) in [6.07, 6.45) is 2.59. The Bertz CT molecular complexity index is 847. The van der Waals surface area contributed by atoms with Crippen molar-refractivity contribution in [2.45, 2.75) is 50.4 Å². The number of aliphatic hydroxyl groups is 1. The zero-order valence-electron chi connectivity index (χ0n) is 15.8. The van der Waals surface area contributed by atoms with Gasteiger partial charge in [0.2, 0.25) is 5.75 Å². The quantitative estimate of drug-likeness (QED) is 0.602. The molecule has 6 heteroatoms. The van der Waals surface area contributed by atoms with E-state index in [4.69, 9.17) is 9.47 Å². The second-order valence-corrected chi connectivity index (χ2v) is 7.73. The fourth-order valence-electron chi connectivity index (χ4n) is 4.57. The van der Waals surface area contributed by atoms with Gasteiger partial charge in [-0.05, 0) is 61.4 Å². The van der Waals surface area contributed by atoms with E-state index >= 15 is 0 Å². The van der Waals surface area contributed by atoms with Crippen molar-refractivity contribution in [2.24, 2.45) is 5.92 Å². The Labute approximate surface area is 164 Å². The first-order valence-electron chi connectivity index (χ1n) is 9.71. The van der Waals surface area contributed by atoms with E-state index in [1.165, 1.54) is 7.11 Å². The first-order valence-corrected chi connectivity index (χ1v) is 9.71. The fourth-order valence-corrected chi connectivity index (χ4v) is 4.57. The van der Waals surface area contributed by atoms with Gasteiger partial charge in [0, 0.05) is 11.5 Å². The molecule has 1 fully saturated rings. The highest BCUT2D eigenvalue weighted by molar-refractivity contribution is 5.59. The number of phenols is 3. The number of phenolic OH excluding ortho intramolecular Hbond substituents is 3. The summed E-state index contributed by atoms with van der Waals surface area (Å²) in [5.41, 5.74) is 2.73. The zero-order valence-corrected chi connectivity index (χ0v) is 15.8. The van der Waals surface area contributed by atoms with Gasteiger partial charge in [-0.2, -0.15) is 0 Å².